The molecule has 0 spiro atoms. The van der Waals surface area contributed by atoms with Crippen LogP contribution in [0.4, 0.5) is 5.69 Å². The van der Waals surface area contributed by atoms with E-state index in [2.05, 4.69) is 0 Å². The summed E-state index contributed by atoms with van der Waals surface area (Å²) < 4.78 is 11.2. The molecule has 0 saturated carbocycles. The van der Waals surface area contributed by atoms with E-state index in [1.807, 2.05) is 42.5 Å². The maximum Gasteiger partial charge on any atom is 0.308 e. The molecule has 1 aromatic heterocycles. The van der Waals surface area contributed by atoms with Crippen molar-refractivity contribution in [1.29, 1.82) is 0 Å². The zero-order chi connectivity index (χ0) is 22.8. The Kier molecular flexibility index (Phi) is 5.59. The number of carbonyl (C=O) groups excluding carboxylic acids is 2. The van der Waals surface area contributed by atoms with Gasteiger partial charge in [0.2, 0.25) is 5.88 Å². The molecule has 2 unspecified atom stereocenters. The highest BCUT2D eigenvalue weighted by Gasteiger charge is 2.50. The van der Waals surface area contributed by atoms with Gasteiger partial charge in [-0.1, -0.05) is 42.5 Å². The van der Waals surface area contributed by atoms with Crippen LogP contribution in [0, 0.1) is 0 Å². The lowest BCUT2D eigenvalue weighted by Crippen LogP contribution is -2.60. The largest absolute Gasteiger partial charge is 0.497 e. The summed E-state index contributed by atoms with van der Waals surface area (Å²) in [5.41, 5.74) is 1.57. The van der Waals surface area contributed by atoms with Crippen LogP contribution < -0.4 is 14.4 Å². The van der Waals surface area contributed by atoms with Crippen molar-refractivity contribution in [2.24, 2.45) is 0 Å². The van der Waals surface area contributed by atoms with Crippen molar-refractivity contribution >= 4 is 23.6 Å². The first kappa shape index (κ1) is 21.0. The molecule has 2 N–H and O–H groups in total. The number of β-lactam (4-membered cyclic amide) rings is 1. The number of methoxy groups -OCH3 is 1. The predicted octanol–water partition coefficient (Wildman–Crippen LogP) is 3.50. The lowest BCUT2D eigenvalue weighted by atomic mass is 9.92. The number of carbonyl (C=O) groups is 2. The van der Waals surface area contributed by atoms with E-state index in [4.69, 9.17) is 9.47 Å². The number of hydrogen-bond acceptors (Lipinski definition) is 6. The minimum absolute atomic E-state index is 0.212. The van der Waals surface area contributed by atoms with Crippen molar-refractivity contribution in [3.05, 3.63) is 72.3 Å². The van der Waals surface area contributed by atoms with Gasteiger partial charge in [0.05, 0.1) is 13.2 Å². The Balaban J connectivity index is 1.73. The van der Waals surface area contributed by atoms with Crippen LogP contribution >= 0.6 is 0 Å². The minimum atomic E-state index is -0.929. The fourth-order valence-corrected chi connectivity index (χ4v) is 3.75. The molecular formula is C24H22N2O6. The van der Waals surface area contributed by atoms with Crippen molar-refractivity contribution in [2.45, 2.75) is 19.0 Å². The zero-order valence-electron chi connectivity index (χ0n) is 17.5. The molecule has 2 atom stereocenters. The first-order valence-corrected chi connectivity index (χ1v) is 9.92. The van der Waals surface area contributed by atoms with Gasteiger partial charge in [0.15, 0.2) is 11.6 Å². The number of ether oxygens (including phenoxy) is 2. The van der Waals surface area contributed by atoms with Gasteiger partial charge in [0.25, 0.3) is 5.91 Å². The van der Waals surface area contributed by atoms with E-state index in [9.17, 15) is 19.8 Å². The van der Waals surface area contributed by atoms with Gasteiger partial charge in [0, 0.05) is 18.7 Å². The van der Waals surface area contributed by atoms with Gasteiger partial charge in [-0.3, -0.25) is 14.2 Å². The Labute approximate surface area is 184 Å². The normalized spacial score (nSPS) is 17.9. The van der Waals surface area contributed by atoms with Gasteiger partial charge in [-0.15, -0.1) is 0 Å². The van der Waals surface area contributed by atoms with Crippen molar-refractivity contribution in [1.82, 2.24) is 4.57 Å². The first-order valence-electron chi connectivity index (χ1n) is 9.92. The third kappa shape index (κ3) is 3.78. The van der Waals surface area contributed by atoms with E-state index >= 15 is 0 Å². The molecule has 0 radical (unpaired) electrons. The van der Waals surface area contributed by atoms with Crippen LogP contribution in [0.15, 0.2) is 66.7 Å². The quantitative estimate of drug-likeness (QED) is 0.455. The third-order valence-electron chi connectivity index (χ3n) is 5.24. The molecule has 1 fully saturated rings. The zero-order valence-corrected chi connectivity index (χ0v) is 17.5. The van der Waals surface area contributed by atoms with E-state index in [1.54, 1.807) is 36.3 Å². The maximum absolute atomic E-state index is 13.2. The smallest absolute Gasteiger partial charge is 0.308 e. The van der Waals surface area contributed by atoms with E-state index in [0.29, 0.717) is 11.4 Å². The monoisotopic (exact) mass is 434 g/mol. The molecule has 2 aromatic carbocycles. The number of amides is 1. The van der Waals surface area contributed by atoms with Crippen LogP contribution in [-0.2, 0) is 9.59 Å². The molecule has 32 heavy (non-hydrogen) atoms. The second-order valence-corrected chi connectivity index (χ2v) is 7.27. The van der Waals surface area contributed by atoms with E-state index in [-0.39, 0.29) is 17.5 Å². The second-order valence-electron chi connectivity index (χ2n) is 7.27. The maximum atomic E-state index is 13.2. The number of nitrogens with zero attached hydrogens (tertiary/aromatic N) is 2. The molecule has 1 saturated heterocycles. The first-order chi connectivity index (χ1) is 15.4. The summed E-state index contributed by atoms with van der Waals surface area (Å²) in [4.78, 5) is 26.0. The highest BCUT2D eigenvalue weighted by Crippen LogP contribution is 2.45. The molecular weight excluding hydrogens is 412 g/mol. The molecule has 8 nitrogen and oxygen atoms in total. The van der Waals surface area contributed by atoms with Crippen molar-refractivity contribution in [3.63, 3.8) is 0 Å². The summed E-state index contributed by atoms with van der Waals surface area (Å²) in [5, 5.41) is 21.0. The number of aromatic nitrogens is 1. The van der Waals surface area contributed by atoms with Gasteiger partial charge in [-0.25, -0.2) is 0 Å². The van der Waals surface area contributed by atoms with E-state index < -0.39 is 23.9 Å². The summed E-state index contributed by atoms with van der Waals surface area (Å²) in [6.07, 6.45) is 3.70. The van der Waals surface area contributed by atoms with Gasteiger partial charge < -0.3 is 24.6 Å². The number of hydrogen-bond donors (Lipinski definition) is 2. The predicted molar refractivity (Wildman–Crippen MR) is 118 cm³/mol. The van der Waals surface area contributed by atoms with Crippen molar-refractivity contribution in [3.8, 4) is 23.3 Å². The molecule has 2 heterocycles. The Morgan fingerprint density at radius 2 is 1.75 bits per heavy atom. The molecule has 8 heteroatoms. The lowest BCUT2D eigenvalue weighted by molar-refractivity contribution is -0.132. The topological polar surface area (TPSA) is 101 Å². The van der Waals surface area contributed by atoms with Crippen LogP contribution in [0.2, 0.25) is 0 Å². The average Bonchev–Trinajstić information content (AvgIpc) is 3.04. The summed E-state index contributed by atoms with van der Waals surface area (Å²) in [7, 11) is 1.56. The summed E-state index contributed by atoms with van der Waals surface area (Å²) in [6.45, 7) is 1.18. The number of esters is 1. The SMILES string of the molecule is COc1ccc(N2C(=O)C(n3c(O)cc(OC(C)=O)c3O)C2C=Cc2ccccc2)cc1. The molecule has 1 aliphatic rings. The average molecular weight is 434 g/mol. The number of aromatic hydroxyl groups is 2. The van der Waals surface area contributed by atoms with Crippen LogP contribution in [-0.4, -0.2) is 39.8 Å². The molecule has 0 bridgehead atoms. The molecule has 1 aliphatic heterocycles. The van der Waals surface area contributed by atoms with Gasteiger partial charge in [0.1, 0.15) is 11.8 Å². The third-order valence-corrected chi connectivity index (χ3v) is 5.24. The Bertz CT molecular complexity index is 1170. The lowest BCUT2D eigenvalue weighted by Gasteiger charge is -2.46. The molecule has 0 aliphatic carbocycles. The Hall–Kier alpha value is -4.20. The number of anilines is 1. The van der Waals surface area contributed by atoms with Crippen molar-refractivity contribution in [2.75, 3.05) is 12.0 Å². The van der Waals surface area contributed by atoms with Gasteiger partial charge >= 0.3 is 5.97 Å². The van der Waals surface area contributed by atoms with Crippen LogP contribution in [0.1, 0.15) is 18.5 Å². The van der Waals surface area contributed by atoms with Crippen LogP contribution in [0.5, 0.6) is 23.3 Å². The van der Waals surface area contributed by atoms with E-state index in [0.717, 1.165) is 16.2 Å². The Morgan fingerprint density at radius 3 is 2.38 bits per heavy atom. The standard InChI is InChI=1S/C24H22N2O6/c1-15(27)32-20-14-21(28)26(23(20)29)22-19(13-8-16-6-4-3-5-7-16)25(24(22)30)17-9-11-18(31-2)12-10-17/h3-14,19,22,28-29H,1-2H3. The van der Waals surface area contributed by atoms with E-state index in [1.165, 1.54) is 6.92 Å². The summed E-state index contributed by atoms with van der Waals surface area (Å²) >= 11 is 0. The number of benzene rings is 2. The van der Waals surface area contributed by atoms with Gasteiger partial charge in [-0.05, 0) is 29.8 Å². The number of rotatable bonds is 6. The van der Waals surface area contributed by atoms with Crippen molar-refractivity contribution < 1.29 is 29.3 Å². The van der Waals surface area contributed by atoms with Crippen LogP contribution in [0.25, 0.3) is 6.08 Å². The van der Waals surface area contributed by atoms with Gasteiger partial charge in [-0.2, -0.15) is 0 Å². The summed E-state index contributed by atoms with van der Waals surface area (Å²) in [5.74, 6) is -1.43. The molecule has 3 aromatic rings. The summed E-state index contributed by atoms with van der Waals surface area (Å²) in [6, 6.07) is 16.2. The van der Waals surface area contributed by atoms with Crippen LogP contribution in [0.3, 0.4) is 0 Å². The highest BCUT2D eigenvalue weighted by atomic mass is 16.5. The molecule has 1 amide bonds. The fraction of sp³-hybridized carbons (Fsp3) is 0.167. The Morgan fingerprint density at radius 1 is 1.06 bits per heavy atom. The second kappa shape index (κ2) is 8.50. The molecule has 164 valence electrons. The highest BCUT2D eigenvalue weighted by molar-refractivity contribution is 6.05. The molecule has 4 rings (SSSR count). The minimum Gasteiger partial charge on any atom is -0.497 e. The fourth-order valence-electron chi connectivity index (χ4n) is 3.75.